The number of nitrogens with zero attached hydrogens (tertiary/aromatic N) is 3. The highest BCUT2D eigenvalue weighted by atomic mass is 32.1. The van der Waals surface area contributed by atoms with Gasteiger partial charge in [-0.15, -0.1) is 11.3 Å². The van der Waals surface area contributed by atoms with E-state index in [1.165, 1.54) is 0 Å². The minimum absolute atomic E-state index is 0.0153. The molecule has 0 unspecified atom stereocenters. The first kappa shape index (κ1) is 20.2. The number of methoxy groups -OCH3 is 2. The molecule has 1 aliphatic rings. The van der Waals surface area contributed by atoms with Gasteiger partial charge in [0.15, 0.2) is 4.96 Å². The van der Waals surface area contributed by atoms with Crippen molar-refractivity contribution in [1.29, 1.82) is 0 Å². The quantitative estimate of drug-likeness (QED) is 0.652. The number of imidazole rings is 1. The van der Waals surface area contributed by atoms with E-state index in [1.807, 2.05) is 22.2 Å². The van der Waals surface area contributed by atoms with Crippen molar-refractivity contribution in [3.05, 3.63) is 47.2 Å². The van der Waals surface area contributed by atoms with Crippen LogP contribution in [0.2, 0.25) is 0 Å². The second kappa shape index (κ2) is 8.74. The molecule has 1 saturated heterocycles. The summed E-state index contributed by atoms with van der Waals surface area (Å²) in [4.78, 5) is 32.6. The third kappa shape index (κ3) is 4.25. The van der Waals surface area contributed by atoms with Crippen molar-refractivity contribution >= 4 is 28.1 Å². The maximum absolute atomic E-state index is 12.9. The van der Waals surface area contributed by atoms with E-state index in [4.69, 9.17) is 9.47 Å². The van der Waals surface area contributed by atoms with Gasteiger partial charge >= 0.3 is 0 Å². The Kier molecular flexibility index (Phi) is 5.89. The molecule has 0 aliphatic carbocycles. The van der Waals surface area contributed by atoms with E-state index in [0.717, 1.165) is 10.7 Å². The Bertz CT molecular complexity index is 1000. The molecule has 0 spiro atoms. The van der Waals surface area contributed by atoms with Crippen molar-refractivity contribution < 1.29 is 19.1 Å². The van der Waals surface area contributed by atoms with E-state index >= 15 is 0 Å². The molecule has 0 atom stereocenters. The van der Waals surface area contributed by atoms with Crippen molar-refractivity contribution in [2.75, 3.05) is 27.3 Å². The van der Waals surface area contributed by atoms with Gasteiger partial charge in [0.05, 0.1) is 26.5 Å². The maximum atomic E-state index is 12.9. The maximum Gasteiger partial charge on any atom is 0.254 e. The van der Waals surface area contributed by atoms with Crippen molar-refractivity contribution in [3.8, 4) is 11.5 Å². The fourth-order valence-corrected chi connectivity index (χ4v) is 4.36. The first-order chi connectivity index (χ1) is 14.6. The number of amides is 2. The van der Waals surface area contributed by atoms with Gasteiger partial charge in [-0.25, -0.2) is 4.98 Å². The lowest BCUT2D eigenvalue weighted by Crippen LogP contribution is -2.43. The minimum Gasteiger partial charge on any atom is -0.497 e. The predicted octanol–water partition coefficient (Wildman–Crippen LogP) is 2.58. The number of ether oxygens (including phenoxy) is 2. The molecule has 1 fully saturated rings. The van der Waals surface area contributed by atoms with E-state index in [2.05, 4.69) is 10.3 Å². The predicted molar refractivity (Wildman–Crippen MR) is 113 cm³/mol. The summed E-state index contributed by atoms with van der Waals surface area (Å²) in [5, 5.41) is 4.95. The fraction of sp³-hybridized carbons (Fsp3) is 0.381. The van der Waals surface area contributed by atoms with Crippen molar-refractivity contribution in [1.82, 2.24) is 19.6 Å². The number of aromatic nitrogens is 2. The lowest BCUT2D eigenvalue weighted by Gasteiger charge is -2.31. The van der Waals surface area contributed by atoms with Crippen LogP contribution in [-0.2, 0) is 11.3 Å². The molecule has 1 N–H and O–H groups in total. The summed E-state index contributed by atoms with van der Waals surface area (Å²) < 4.78 is 12.5. The van der Waals surface area contributed by atoms with E-state index < -0.39 is 0 Å². The smallest absolute Gasteiger partial charge is 0.254 e. The second-order valence-electron chi connectivity index (χ2n) is 7.21. The topological polar surface area (TPSA) is 85.2 Å². The molecule has 8 nitrogen and oxygen atoms in total. The number of piperidine rings is 1. The molecule has 158 valence electrons. The first-order valence-electron chi connectivity index (χ1n) is 9.78. The van der Waals surface area contributed by atoms with E-state index in [1.54, 1.807) is 48.7 Å². The molecule has 1 aromatic carbocycles. The lowest BCUT2D eigenvalue weighted by molar-refractivity contribution is -0.126. The van der Waals surface area contributed by atoms with Crippen LogP contribution in [0.4, 0.5) is 0 Å². The van der Waals surface area contributed by atoms with Crippen LogP contribution < -0.4 is 14.8 Å². The molecule has 0 bridgehead atoms. The van der Waals surface area contributed by atoms with Crippen molar-refractivity contribution in [2.45, 2.75) is 19.4 Å². The summed E-state index contributed by atoms with van der Waals surface area (Å²) >= 11 is 1.56. The molecule has 3 aromatic rings. The van der Waals surface area contributed by atoms with Gasteiger partial charge in [-0.05, 0) is 25.0 Å². The van der Waals surface area contributed by atoms with E-state index in [9.17, 15) is 9.59 Å². The van der Waals surface area contributed by atoms with Gasteiger partial charge in [-0.1, -0.05) is 0 Å². The zero-order valence-electron chi connectivity index (χ0n) is 17.0. The van der Waals surface area contributed by atoms with Gasteiger partial charge in [0.1, 0.15) is 11.5 Å². The van der Waals surface area contributed by atoms with Gasteiger partial charge in [-0.3, -0.25) is 14.0 Å². The second-order valence-corrected chi connectivity index (χ2v) is 8.08. The molecule has 2 amide bonds. The summed E-state index contributed by atoms with van der Waals surface area (Å²) in [7, 11) is 3.11. The summed E-state index contributed by atoms with van der Waals surface area (Å²) in [6.45, 7) is 1.49. The number of hydrogen-bond donors (Lipinski definition) is 1. The van der Waals surface area contributed by atoms with E-state index in [-0.39, 0.29) is 17.7 Å². The Hall–Kier alpha value is -3.07. The molecule has 1 aliphatic heterocycles. The number of hydrogen-bond acceptors (Lipinski definition) is 6. The van der Waals surface area contributed by atoms with Crippen molar-refractivity contribution in [2.24, 2.45) is 5.92 Å². The molecule has 0 radical (unpaired) electrons. The zero-order valence-corrected chi connectivity index (χ0v) is 17.8. The largest absolute Gasteiger partial charge is 0.497 e. The molecule has 4 rings (SSSR count). The van der Waals surface area contributed by atoms with Crippen LogP contribution in [0.25, 0.3) is 4.96 Å². The van der Waals surface area contributed by atoms with Crippen LogP contribution in [0.3, 0.4) is 0 Å². The molecule has 9 heteroatoms. The Morgan fingerprint density at radius 1 is 1.17 bits per heavy atom. The summed E-state index contributed by atoms with van der Waals surface area (Å²) in [6, 6.07) is 5.15. The highest BCUT2D eigenvalue weighted by Gasteiger charge is 2.28. The number of fused-ring (bicyclic) bond motifs is 1. The number of carbonyl (C=O) groups is 2. The number of benzene rings is 1. The first-order valence-corrected chi connectivity index (χ1v) is 10.7. The van der Waals surface area contributed by atoms with Crippen LogP contribution in [0, 0.1) is 5.92 Å². The summed E-state index contributed by atoms with van der Waals surface area (Å²) in [5.74, 6) is 0.987. The number of nitrogens with one attached hydrogen (secondary N) is 1. The van der Waals surface area contributed by atoms with Crippen LogP contribution in [0.5, 0.6) is 11.5 Å². The molecule has 2 aromatic heterocycles. The normalized spacial score (nSPS) is 14.7. The number of rotatable bonds is 6. The lowest BCUT2D eigenvalue weighted by atomic mass is 9.95. The highest BCUT2D eigenvalue weighted by molar-refractivity contribution is 7.15. The number of thiazole rings is 1. The third-order valence-electron chi connectivity index (χ3n) is 5.34. The average Bonchev–Trinajstić information content (AvgIpc) is 3.38. The monoisotopic (exact) mass is 428 g/mol. The van der Waals surface area contributed by atoms with Crippen LogP contribution in [-0.4, -0.2) is 53.4 Å². The zero-order chi connectivity index (χ0) is 21.1. The number of likely N-dealkylation sites (tertiary alicyclic amines) is 1. The van der Waals surface area contributed by atoms with E-state index in [0.29, 0.717) is 49.5 Å². The fourth-order valence-electron chi connectivity index (χ4n) is 3.64. The summed E-state index contributed by atoms with van der Waals surface area (Å²) in [6.07, 6.45) is 5.15. The molecular formula is C21H24N4O4S. The molecular weight excluding hydrogens is 404 g/mol. The molecule has 0 saturated carbocycles. The molecule has 30 heavy (non-hydrogen) atoms. The Morgan fingerprint density at radius 2 is 1.87 bits per heavy atom. The van der Waals surface area contributed by atoms with Crippen LogP contribution in [0.1, 0.15) is 28.9 Å². The average molecular weight is 429 g/mol. The van der Waals surface area contributed by atoms with Gasteiger partial charge in [0.2, 0.25) is 5.91 Å². The van der Waals surface area contributed by atoms with Gasteiger partial charge < -0.3 is 19.7 Å². The SMILES string of the molecule is COc1cc(OC)cc(C(=O)N2CCC(C(=O)NCc3cn4ccsc4n3)CC2)c1. The van der Waals surface area contributed by atoms with Gasteiger partial charge in [0, 0.05) is 48.4 Å². The molecule has 3 heterocycles. The standard InChI is InChI=1S/C21H24N4O4S/c1-28-17-9-15(10-18(11-17)29-2)20(27)24-5-3-14(4-6-24)19(26)22-12-16-13-25-7-8-30-21(25)23-16/h7-11,13-14H,3-6,12H2,1-2H3,(H,22,26). The van der Waals surface area contributed by atoms with Crippen LogP contribution in [0.15, 0.2) is 36.0 Å². The minimum atomic E-state index is -0.0994. The third-order valence-corrected chi connectivity index (χ3v) is 6.11. The highest BCUT2D eigenvalue weighted by Crippen LogP contribution is 2.25. The Morgan fingerprint density at radius 3 is 2.50 bits per heavy atom. The van der Waals surface area contributed by atoms with Gasteiger partial charge in [-0.2, -0.15) is 0 Å². The summed E-state index contributed by atoms with van der Waals surface area (Å²) in [5.41, 5.74) is 1.36. The van der Waals surface area contributed by atoms with Crippen molar-refractivity contribution in [3.63, 3.8) is 0 Å². The Balaban J connectivity index is 1.31. The Labute approximate surface area is 178 Å². The van der Waals surface area contributed by atoms with Gasteiger partial charge in [0.25, 0.3) is 5.91 Å². The number of carbonyl (C=O) groups excluding carboxylic acids is 2. The van der Waals surface area contributed by atoms with Crippen LogP contribution >= 0.6 is 11.3 Å².